The van der Waals surface area contributed by atoms with E-state index in [1.807, 2.05) is 0 Å². The lowest BCUT2D eigenvalue weighted by molar-refractivity contribution is 0.500. The summed E-state index contributed by atoms with van der Waals surface area (Å²) in [5, 5.41) is 3.70. The minimum Gasteiger partial charge on any atom is -0.661 e. The smallest absolute Gasteiger partial charge is 0.160 e. The van der Waals surface area contributed by atoms with Gasteiger partial charge >= 0.3 is 0 Å². The first-order chi connectivity index (χ1) is 5.25. The monoisotopic (exact) mass is 156 g/mol. The predicted molar refractivity (Wildman–Crippen MR) is 39.3 cm³/mol. The number of benzene rings is 1. The molecule has 0 aliphatic rings. The summed E-state index contributed by atoms with van der Waals surface area (Å²) in [6, 6.07) is 4.08. The summed E-state index contributed by atoms with van der Waals surface area (Å²) in [4.78, 5) is 0. The van der Waals surface area contributed by atoms with Crippen LogP contribution in [0.5, 0.6) is 0 Å². The zero-order valence-corrected chi connectivity index (χ0v) is 6.14. The van der Waals surface area contributed by atoms with Gasteiger partial charge in [-0.25, -0.2) is 8.78 Å². The highest BCUT2D eigenvalue weighted by molar-refractivity contribution is 5.20. The molecule has 0 saturated heterocycles. The fourth-order valence-corrected chi connectivity index (χ4v) is 0.841. The third-order valence-electron chi connectivity index (χ3n) is 1.36. The number of nitrogens with zero attached hydrogens (tertiary/aromatic N) is 1. The van der Waals surface area contributed by atoms with E-state index in [1.165, 1.54) is 12.1 Å². The van der Waals surface area contributed by atoms with Gasteiger partial charge in [-0.1, -0.05) is 12.1 Å². The highest BCUT2D eigenvalue weighted by Gasteiger charge is 2.02. The van der Waals surface area contributed by atoms with Gasteiger partial charge in [-0.05, 0) is 11.6 Å². The number of hydrogen-bond donors (Lipinski definition) is 0. The molecule has 0 N–H and O–H groups in total. The molecule has 3 heteroatoms. The zero-order chi connectivity index (χ0) is 8.27. The Morgan fingerprint density at radius 1 is 1.36 bits per heavy atom. The van der Waals surface area contributed by atoms with Crippen LogP contribution in [0.4, 0.5) is 8.78 Å². The molecule has 0 fully saturated rings. The maximum atomic E-state index is 12.8. The first-order valence-corrected chi connectivity index (χ1v) is 3.24. The zero-order valence-electron chi connectivity index (χ0n) is 6.14. The first-order valence-electron chi connectivity index (χ1n) is 3.24. The standard InChI is InChI=1S/C8H8F2N/c1-11-5-6-3-2-4-7(9)8(6)10/h2-4H,5H2,1H3/q-1. The largest absolute Gasteiger partial charge is 0.661 e. The lowest BCUT2D eigenvalue weighted by Gasteiger charge is -2.11. The van der Waals surface area contributed by atoms with Gasteiger partial charge < -0.3 is 5.32 Å². The molecular formula is C8H8F2N-. The molecule has 0 heterocycles. The van der Waals surface area contributed by atoms with Crippen LogP contribution in [0.15, 0.2) is 18.2 Å². The topological polar surface area (TPSA) is 14.1 Å². The molecule has 0 amide bonds. The maximum Gasteiger partial charge on any atom is 0.160 e. The van der Waals surface area contributed by atoms with Gasteiger partial charge in [0.15, 0.2) is 11.6 Å². The van der Waals surface area contributed by atoms with E-state index in [9.17, 15) is 8.78 Å². The second-order valence-corrected chi connectivity index (χ2v) is 2.19. The second kappa shape index (κ2) is 3.44. The van der Waals surface area contributed by atoms with E-state index < -0.39 is 11.6 Å². The molecule has 1 rings (SSSR count). The lowest BCUT2D eigenvalue weighted by atomic mass is 10.2. The van der Waals surface area contributed by atoms with Crippen molar-refractivity contribution in [2.75, 3.05) is 7.05 Å². The third-order valence-corrected chi connectivity index (χ3v) is 1.36. The Hall–Kier alpha value is -0.960. The number of rotatable bonds is 2. The highest BCUT2D eigenvalue weighted by atomic mass is 19.2. The molecule has 60 valence electrons. The van der Waals surface area contributed by atoms with E-state index in [-0.39, 0.29) is 6.54 Å². The molecule has 1 aromatic rings. The van der Waals surface area contributed by atoms with Gasteiger partial charge in [-0.3, -0.25) is 0 Å². The van der Waals surface area contributed by atoms with Gasteiger partial charge in [0.2, 0.25) is 0 Å². The Morgan fingerprint density at radius 2 is 2.09 bits per heavy atom. The van der Waals surface area contributed by atoms with Crippen LogP contribution in [0.1, 0.15) is 5.56 Å². The Labute approximate surface area is 64.0 Å². The van der Waals surface area contributed by atoms with Crippen LogP contribution in [0.25, 0.3) is 5.32 Å². The minimum absolute atomic E-state index is 0.226. The van der Waals surface area contributed by atoms with Crippen molar-refractivity contribution in [2.24, 2.45) is 0 Å². The molecular weight excluding hydrogens is 148 g/mol. The summed E-state index contributed by atoms with van der Waals surface area (Å²) >= 11 is 0. The molecule has 0 spiro atoms. The first kappa shape index (κ1) is 8.14. The summed E-state index contributed by atoms with van der Waals surface area (Å²) in [5.41, 5.74) is 0.299. The minimum atomic E-state index is -0.814. The molecule has 0 unspecified atom stereocenters. The van der Waals surface area contributed by atoms with E-state index in [1.54, 1.807) is 7.05 Å². The Balaban J connectivity index is 2.96. The lowest BCUT2D eigenvalue weighted by Crippen LogP contribution is -1.92. The summed E-state index contributed by atoms with van der Waals surface area (Å²) in [5.74, 6) is -1.61. The van der Waals surface area contributed by atoms with Crippen molar-refractivity contribution in [3.8, 4) is 0 Å². The quantitative estimate of drug-likeness (QED) is 0.624. The van der Waals surface area contributed by atoms with Gasteiger partial charge in [-0.15, -0.1) is 6.54 Å². The molecule has 0 aromatic heterocycles. The van der Waals surface area contributed by atoms with E-state index in [0.717, 1.165) is 6.07 Å². The SMILES string of the molecule is C[N-]Cc1cccc(F)c1F. The van der Waals surface area contributed by atoms with Gasteiger partial charge in [0.25, 0.3) is 0 Å². The van der Waals surface area contributed by atoms with Crippen LogP contribution in [0, 0.1) is 11.6 Å². The van der Waals surface area contributed by atoms with Crippen molar-refractivity contribution in [1.29, 1.82) is 0 Å². The second-order valence-electron chi connectivity index (χ2n) is 2.19. The van der Waals surface area contributed by atoms with Crippen LogP contribution < -0.4 is 0 Å². The van der Waals surface area contributed by atoms with Crippen molar-refractivity contribution in [3.05, 3.63) is 40.7 Å². The average molecular weight is 156 g/mol. The number of halogens is 2. The van der Waals surface area contributed by atoms with Crippen molar-refractivity contribution < 1.29 is 8.78 Å². The molecule has 0 aliphatic heterocycles. The Kier molecular flexibility index (Phi) is 2.54. The predicted octanol–water partition coefficient (Wildman–Crippen LogP) is 2.47. The van der Waals surface area contributed by atoms with Gasteiger partial charge in [-0.2, -0.15) is 7.05 Å². The van der Waals surface area contributed by atoms with Crippen molar-refractivity contribution in [2.45, 2.75) is 6.54 Å². The highest BCUT2D eigenvalue weighted by Crippen LogP contribution is 2.12. The van der Waals surface area contributed by atoms with Crippen molar-refractivity contribution in [1.82, 2.24) is 0 Å². The molecule has 0 radical (unpaired) electrons. The molecule has 0 aliphatic carbocycles. The van der Waals surface area contributed by atoms with Crippen molar-refractivity contribution in [3.63, 3.8) is 0 Å². The van der Waals surface area contributed by atoms with Gasteiger partial charge in [0, 0.05) is 0 Å². The van der Waals surface area contributed by atoms with E-state index in [2.05, 4.69) is 5.32 Å². The van der Waals surface area contributed by atoms with E-state index in [0.29, 0.717) is 5.56 Å². The van der Waals surface area contributed by atoms with Gasteiger partial charge in [0.05, 0.1) is 0 Å². The third kappa shape index (κ3) is 1.74. The fourth-order valence-electron chi connectivity index (χ4n) is 0.841. The molecule has 1 nitrogen and oxygen atoms in total. The number of hydrogen-bond acceptors (Lipinski definition) is 0. The average Bonchev–Trinajstić information content (AvgIpc) is 1.99. The van der Waals surface area contributed by atoms with E-state index in [4.69, 9.17) is 0 Å². The van der Waals surface area contributed by atoms with Crippen LogP contribution in [-0.2, 0) is 6.54 Å². The summed E-state index contributed by atoms with van der Waals surface area (Å²) in [7, 11) is 1.56. The molecule has 1 aromatic carbocycles. The van der Waals surface area contributed by atoms with Crippen LogP contribution in [-0.4, -0.2) is 7.05 Å². The van der Waals surface area contributed by atoms with Crippen LogP contribution in [0.3, 0.4) is 0 Å². The normalized spacial score (nSPS) is 10.1. The molecule has 0 bridgehead atoms. The molecule has 0 atom stereocenters. The summed E-state index contributed by atoms with van der Waals surface area (Å²) < 4.78 is 25.2. The van der Waals surface area contributed by atoms with E-state index >= 15 is 0 Å². The molecule has 11 heavy (non-hydrogen) atoms. The Morgan fingerprint density at radius 3 is 2.73 bits per heavy atom. The summed E-state index contributed by atoms with van der Waals surface area (Å²) in [6.07, 6.45) is 0. The Bertz CT molecular complexity index is 248. The van der Waals surface area contributed by atoms with Crippen LogP contribution >= 0.6 is 0 Å². The fraction of sp³-hybridized carbons (Fsp3) is 0.250. The maximum absolute atomic E-state index is 12.8. The van der Waals surface area contributed by atoms with Gasteiger partial charge in [0.1, 0.15) is 0 Å². The summed E-state index contributed by atoms with van der Waals surface area (Å²) in [6.45, 7) is 0.226. The van der Waals surface area contributed by atoms with Crippen LogP contribution in [0.2, 0.25) is 0 Å². The van der Waals surface area contributed by atoms with Crippen molar-refractivity contribution >= 4 is 0 Å². The molecule has 0 saturated carbocycles.